The second kappa shape index (κ2) is 208000. The van der Waals surface area contributed by atoms with Crippen LogP contribution in [0.1, 0.15) is 0 Å². The van der Waals surface area contributed by atoms with Crippen molar-refractivity contribution in [3.8, 4) is 0 Å². The van der Waals surface area contributed by atoms with Crippen molar-refractivity contribution in [3.05, 3.63) is 39.4 Å². The summed E-state index contributed by atoms with van der Waals surface area (Å²) in [5.74, 6) is 0. The molecule has 15 heavy (non-hydrogen) atoms. The molecule has 9 heteroatoms. The first-order chi connectivity index (χ1) is 6.00. The smallest absolute Gasteiger partial charge is 0.512 e. The van der Waals surface area contributed by atoms with Crippen LogP contribution < -0.4 is 51.4 Å². The van der Waals surface area contributed by atoms with E-state index in [2.05, 4.69) is 0 Å². The van der Waals surface area contributed by atoms with Crippen molar-refractivity contribution in [3.63, 3.8) is 0 Å². The molecule has 0 aliphatic rings. The van der Waals surface area contributed by atoms with E-state index in [0.29, 0.717) is 0 Å². The standard InChI is InChI=1S/6CN.Fe.K.Sn/c6*1-2;;;/q6*-1;+3;+1;+4. The summed E-state index contributed by atoms with van der Waals surface area (Å²) < 4.78 is 0. The van der Waals surface area contributed by atoms with Crippen molar-refractivity contribution < 1.29 is 68.5 Å². The molecule has 0 saturated carbocycles. The first kappa shape index (κ1) is 82.8. The average molecular weight is 370 g/mol. The largest absolute Gasteiger partial charge is 4.00 e. The topological polar surface area (TPSA) is 143 Å². The van der Waals surface area contributed by atoms with Gasteiger partial charge in [0, 0.05) is 0 Å². The minimum atomic E-state index is 0. The van der Waals surface area contributed by atoms with Gasteiger partial charge in [-0.2, -0.15) is 0 Å². The third-order valence-corrected chi connectivity index (χ3v) is 0. The van der Waals surface area contributed by atoms with Gasteiger partial charge in [0.25, 0.3) is 0 Å². The Morgan fingerprint density at radius 3 is 0.400 bits per heavy atom. The van der Waals surface area contributed by atoms with E-state index in [9.17, 15) is 0 Å². The van der Waals surface area contributed by atoms with E-state index in [0.717, 1.165) is 0 Å². The molecule has 0 saturated heterocycles. The van der Waals surface area contributed by atoms with E-state index in [1.54, 1.807) is 0 Å². The zero-order chi connectivity index (χ0) is 12.0. The molecule has 0 amide bonds. The SMILES string of the molecule is [C-]#N.[C-]#N.[C-]#N.[C-]#N.[C-]#N.[C-]#N.[Fe+3].[K+].[Sn+4]. The molecular formula is C6FeKN6Sn+2. The van der Waals surface area contributed by atoms with Crippen LogP contribution in [0.5, 0.6) is 0 Å². The monoisotopic (exact) mass is 371 g/mol. The number of rotatable bonds is 0. The van der Waals surface area contributed by atoms with Crippen LogP contribution in [0.2, 0.25) is 0 Å². The van der Waals surface area contributed by atoms with Gasteiger partial charge >= 0.3 is 92.4 Å². The van der Waals surface area contributed by atoms with E-state index >= 15 is 0 Å². The van der Waals surface area contributed by atoms with Gasteiger partial charge in [0.1, 0.15) is 0 Å². The number of hydrogen-bond acceptors (Lipinski definition) is 6. The molecule has 0 atom stereocenters. The molecule has 0 bridgehead atoms. The van der Waals surface area contributed by atoms with Crippen LogP contribution in [0.4, 0.5) is 0 Å². The molecule has 65 valence electrons. The van der Waals surface area contributed by atoms with Crippen molar-refractivity contribution in [2.24, 2.45) is 0 Å². The predicted molar refractivity (Wildman–Crippen MR) is 35.6 cm³/mol. The fraction of sp³-hybridized carbons (Fsp3) is 0. The molecule has 0 heterocycles. The predicted octanol–water partition coefficient (Wildman–Crippen LogP) is -2.80. The summed E-state index contributed by atoms with van der Waals surface area (Å²) in [7, 11) is 0. The molecule has 0 aromatic heterocycles. The zero-order valence-electron chi connectivity index (χ0n) is 7.54. The minimum Gasteiger partial charge on any atom is -0.512 e. The normalized spacial score (nSPS) is 0.800. The molecule has 0 unspecified atom stereocenters. The third-order valence-electron chi connectivity index (χ3n) is 0. The summed E-state index contributed by atoms with van der Waals surface area (Å²) in [5.41, 5.74) is 0. The maximum atomic E-state index is 6.25. The molecule has 0 aliphatic carbocycles. The summed E-state index contributed by atoms with van der Waals surface area (Å²) in [4.78, 5) is 0. The van der Waals surface area contributed by atoms with Gasteiger partial charge in [-0.1, -0.05) is 0 Å². The van der Waals surface area contributed by atoms with Crippen molar-refractivity contribution in [1.29, 1.82) is 31.6 Å². The van der Waals surface area contributed by atoms with Gasteiger partial charge in [0.2, 0.25) is 0 Å². The quantitative estimate of drug-likeness (QED) is 0.333. The Kier molecular flexibility index (Phi) is 1150000. The Morgan fingerprint density at radius 2 is 0.400 bits per heavy atom. The summed E-state index contributed by atoms with van der Waals surface area (Å²) >= 11 is 0. The third kappa shape index (κ3) is 177000. The Bertz CT molecular complexity index is 103. The van der Waals surface area contributed by atoms with Crippen LogP contribution in [-0.2, 0) is 17.1 Å². The average Bonchev–Trinajstić information content (AvgIpc) is 2.33. The van der Waals surface area contributed by atoms with Crippen LogP contribution in [-0.4, -0.2) is 23.9 Å². The van der Waals surface area contributed by atoms with Crippen molar-refractivity contribution >= 4 is 23.9 Å². The Hall–Kier alpha value is -0.105. The van der Waals surface area contributed by atoms with E-state index in [1.165, 1.54) is 0 Å². The zero-order valence-corrected chi connectivity index (χ0v) is 14.6. The van der Waals surface area contributed by atoms with E-state index < -0.39 is 0 Å². The molecule has 0 rings (SSSR count). The minimum absolute atomic E-state index is 0. The van der Waals surface area contributed by atoms with Crippen LogP contribution in [0.25, 0.3) is 0 Å². The summed E-state index contributed by atoms with van der Waals surface area (Å²) in [6.45, 7) is 28.5. The Morgan fingerprint density at radius 1 is 0.400 bits per heavy atom. The fourth-order valence-corrected chi connectivity index (χ4v) is 0. The molecule has 0 aliphatic heterocycles. The summed E-state index contributed by atoms with van der Waals surface area (Å²) in [6, 6.07) is 0. The second-order valence-electron chi connectivity index (χ2n) is 0. The van der Waals surface area contributed by atoms with Gasteiger partial charge in [0.15, 0.2) is 0 Å². The summed E-state index contributed by atoms with van der Waals surface area (Å²) in [5, 5.41) is 37.5. The van der Waals surface area contributed by atoms with Gasteiger partial charge in [-0.15, -0.1) is 0 Å². The van der Waals surface area contributed by atoms with E-state index in [1.807, 2.05) is 0 Å². The molecular weight excluding hydrogens is 370 g/mol. The van der Waals surface area contributed by atoms with Gasteiger partial charge in [-0.25, -0.2) is 0 Å². The Balaban J connectivity index is -0.00000000396. The molecule has 0 N–H and O–H groups in total. The molecule has 0 spiro atoms. The van der Waals surface area contributed by atoms with E-state index in [-0.39, 0.29) is 92.4 Å². The van der Waals surface area contributed by atoms with Crippen LogP contribution in [0.15, 0.2) is 0 Å². The molecule has 1 radical (unpaired) electrons. The maximum Gasteiger partial charge on any atom is 4.00 e. The molecule has 0 fully saturated rings. The van der Waals surface area contributed by atoms with Gasteiger partial charge < -0.3 is 71.0 Å². The first-order valence-corrected chi connectivity index (χ1v) is 1.34. The van der Waals surface area contributed by atoms with Crippen molar-refractivity contribution in [2.75, 3.05) is 0 Å². The van der Waals surface area contributed by atoms with Gasteiger partial charge in [-0.3, -0.25) is 0 Å². The molecule has 6 nitrogen and oxygen atoms in total. The number of nitrogens with zero attached hydrogens (tertiary/aromatic N) is 6. The Labute approximate surface area is 161 Å². The van der Waals surface area contributed by atoms with Crippen molar-refractivity contribution in [2.45, 2.75) is 0 Å². The number of hydrogen-bond donors (Lipinski definition) is 0. The van der Waals surface area contributed by atoms with Gasteiger partial charge in [-0.05, 0) is 0 Å². The second-order valence-corrected chi connectivity index (χ2v) is 0. The van der Waals surface area contributed by atoms with E-state index in [4.69, 9.17) is 71.0 Å². The van der Waals surface area contributed by atoms with Crippen LogP contribution in [0, 0.1) is 71.0 Å². The first-order valence-electron chi connectivity index (χ1n) is 1.34. The van der Waals surface area contributed by atoms with Gasteiger partial charge in [0.05, 0.1) is 0 Å². The fourth-order valence-electron chi connectivity index (χ4n) is 0. The molecule has 0 aromatic carbocycles. The molecule has 0 aromatic rings. The maximum absolute atomic E-state index is 6.25. The summed E-state index contributed by atoms with van der Waals surface area (Å²) in [6.07, 6.45) is 0. The van der Waals surface area contributed by atoms with Crippen LogP contribution >= 0.6 is 0 Å². The van der Waals surface area contributed by atoms with Crippen LogP contribution in [0.3, 0.4) is 0 Å². The van der Waals surface area contributed by atoms with Crippen molar-refractivity contribution in [1.82, 2.24) is 0 Å².